The standard InChI is InChI=1S/C15H26N2O2/c1-6-16-10-13-11-17-12(2)9-14(13)18-7-8-19-15(3,4)5/h9,11,16H,6-8,10H2,1-5H3. The highest BCUT2D eigenvalue weighted by Crippen LogP contribution is 2.18. The maximum Gasteiger partial charge on any atom is 0.127 e. The molecule has 4 heteroatoms. The first kappa shape index (κ1) is 15.9. The molecule has 1 aromatic heterocycles. The highest BCUT2D eigenvalue weighted by molar-refractivity contribution is 5.32. The molecule has 0 aliphatic carbocycles. The topological polar surface area (TPSA) is 43.4 Å². The highest BCUT2D eigenvalue weighted by atomic mass is 16.5. The van der Waals surface area contributed by atoms with Crippen molar-refractivity contribution < 1.29 is 9.47 Å². The Bertz CT molecular complexity index is 386. The molecule has 0 spiro atoms. The van der Waals surface area contributed by atoms with Crippen LogP contribution in [0.4, 0.5) is 0 Å². The fourth-order valence-corrected chi connectivity index (χ4v) is 1.59. The lowest BCUT2D eigenvalue weighted by Gasteiger charge is -2.20. The Morgan fingerprint density at radius 1 is 1.26 bits per heavy atom. The van der Waals surface area contributed by atoms with Gasteiger partial charge in [-0.2, -0.15) is 0 Å². The number of ether oxygens (including phenoxy) is 2. The predicted octanol–water partition coefficient (Wildman–Crippen LogP) is 2.69. The molecule has 1 N–H and O–H groups in total. The molecule has 1 rings (SSSR count). The average molecular weight is 266 g/mol. The Balaban J connectivity index is 2.53. The van der Waals surface area contributed by atoms with E-state index in [1.165, 1.54) is 0 Å². The van der Waals surface area contributed by atoms with Crippen molar-refractivity contribution in [3.05, 3.63) is 23.5 Å². The van der Waals surface area contributed by atoms with Crippen LogP contribution in [0, 0.1) is 6.92 Å². The van der Waals surface area contributed by atoms with Crippen molar-refractivity contribution in [1.82, 2.24) is 10.3 Å². The zero-order valence-corrected chi connectivity index (χ0v) is 12.7. The molecule has 0 aliphatic rings. The zero-order chi connectivity index (χ0) is 14.3. The molecule has 19 heavy (non-hydrogen) atoms. The molecule has 0 aliphatic heterocycles. The summed E-state index contributed by atoms with van der Waals surface area (Å²) in [6, 6.07) is 1.98. The molecule has 0 fully saturated rings. The van der Waals surface area contributed by atoms with Crippen LogP contribution in [-0.2, 0) is 11.3 Å². The van der Waals surface area contributed by atoms with Gasteiger partial charge in [0.25, 0.3) is 0 Å². The first-order chi connectivity index (χ1) is 8.92. The Morgan fingerprint density at radius 3 is 2.63 bits per heavy atom. The van der Waals surface area contributed by atoms with Gasteiger partial charge in [0.15, 0.2) is 0 Å². The van der Waals surface area contributed by atoms with Gasteiger partial charge >= 0.3 is 0 Å². The maximum absolute atomic E-state index is 5.81. The van der Waals surface area contributed by atoms with Crippen molar-refractivity contribution in [3.8, 4) is 5.75 Å². The Morgan fingerprint density at radius 2 is 2.00 bits per heavy atom. The fourth-order valence-electron chi connectivity index (χ4n) is 1.59. The van der Waals surface area contributed by atoms with E-state index >= 15 is 0 Å². The SMILES string of the molecule is CCNCc1cnc(C)cc1OCCOC(C)(C)C. The van der Waals surface area contributed by atoms with E-state index in [9.17, 15) is 0 Å². The summed E-state index contributed by atoms with van der Waals surface area (Å²) in [5, 5.41) is 3.29. The summed E-state index contributed by atoms with van der Waals surface area (Å²) < 4.78 is 11.5. The number of aromatic nitrogens is 1. The van der Waals surface area contributed by atoms with Crippen molar-refractivity contribution in [2.75, 3.05) is 19.8 Å². The van der Waals surface area contributed by atoms with Crippen molar-refractivity contribution in [3.63, 3.8) is 0 Å². The molecule has 0 bridgehead atoms. The molecule has 0 atom stereocenters. The third-order valence-electron chi connectivity index (χ3n) is 2.52. The van der Waals surface area contributed by atoms with Crippen LogP contribution in [0.3, 0.4) is 0 Å². The van der Waals surface area contributed by atoms with E-state index in [0.29, 0.717) is 13.2 Å². The van der Waals surface area contributed by atoms with E-state index in [0.717, 1.165) is 30.1 Å². The van der Waals surface area contributed by atoms with Gasteiger partial charge in [-0.1, -0.05) is 6.92 Å². The lowest BCUT2D eigenvalue weighted by atomic mass is 10.2. The summed E-state index contributed by atoms with van der Waals surface area (Å²) in [6.45, 7) is 13.0. The van der Waals surface area contributed by atoms with Crippen LogP contribution in [0.15, 0.2) is 12.3 Å². The van der Waals surface area contributed by atoms with Crippen LogP contribution in [-0.4, -0.2) is 30.3 Å². The largest absolute Gasteiger partial charge is 0.491 e. The average Bonchev–Trinajstić information content (AvgIpc) is 2.32. The van der Waals surface area contributed by atoms with Gasteiger partial charge in [-0.25, -0.2) is 0 Å². The molecule has 0 saturated carbocycles. The van der Waals surface area contributed by atoms with Crippen molar-refractivity contribution in [1.29, 1.82) is 0 Å². The Labute approximate surface area is 116 Å². The van der Waals surface area contributed by atoms with Crippen molar-refractivity contribution in [2.24, 2.45) is 0 Å². The maximum atomic E-state index is 5.81. The number of nitrogens with one attached hydrogen (secondary N) is 1. The second-order valence-electron chi connectivity index (χ2n) is 5.52. The monoisotopic (exact) mass is 266 g/mol. The van der Waals surface area contributed by atoms with Gasteiger partial charge in [0.2, 0.25) is 0 Å². The van der Waals surface area contributed by atoms with E-state index in [1.54, 1.807) is 0 Å². The first-order valence-electron chi connectivity index (χ1n) is 6.85. The van der Waals surface area contributed by atoms with E-state index in [1.807, 2.05) is 40.0 Å². The molecule has 108 valence electrons. The van der Waals surface area contributed by atoms with Crippen molar-refractivity contribution in [2.45, 2.75) is 46.8 Å². The molecule has 0 radical (unpaired) electrons. The Kier molecular flexibility index (Phi) is 6.25. The summed E-state index contributed by atoms with van der Waals surface area (Å²) in [5.74, 6) is 0.894. The lowest BCUT2D eigenvalue weighted by molar-refractivity contribution is -0.0164. The third kappa shape index (κ3) is 6.55. The number of nitrogens with zero attached hydrogens (tertiary/aromatic N) is 1. The van der Waals surface area contributed by atoms with Crippen LogP contribution in [0.25, 0.3) is 0 Å². The van der Waals surface area contributed by atoms with Crippen LogP contribution in [0.1, 0.15) is 39.0 Å². The summed E-state index contributed by atoms with van der Waals surface area (Å²) >= 11 is 0. The molecule has 0 saturated heterocycles. The van der Waals surface area contributed by atoms with Crippen LogP contribution in [0.5, 0.6) is 5.75 Å². The van der Waals surface area contributed by atoms with E-state index in [2.05, 4.69) is 17.2 Å². The minimum Gasteiger partial charge on any atom is -0.491 e. The van der Waals surface area contributed by atoms with Gasteiger partial charge in [-0.15, -0.1) is 0 Å². The van der Waals surface area contributed by atoms with Gasteiger partial charge in [0, 0.05) is 30.1 Å². The van der Waals surface area contributed by atoms with Gasteiger partial charge < -0.3 is 14.8 Å². The lowest BCUT2D eigenvalue weighted by Crippen LogP contribution is -2.22. The van der Waals surface area contributed by atoms with E-state index in [-0.39, 0.29) is 5.60 Å². The number of hydrogen-bond donors (Lipinski definition) is 1. The molecule has 0 unspecified atom stereocenters. The van der Waals surface area contributed by atoms with Crippen LogP contribution in [0.2, 0.25) is 0 Å². The molecule has 1 aromatic rings. The minimum atomic E-state index is -0.121. The van der Waals surface area contributed by atoms with Crippen molar-refractivity contribution >= 4 is 0 Å². The number of pyridine rings is 1. The summed E-state index contributed by atoms with van der Waals surface area (Å²) in [5.41, 5.74) is 1.93. The third-order valence-corrected chi connectivity index (χ3v) is 2.52. The molecule has 0 aromatic carbocycles. The van der Waals surface area contributed by atoms with Crippen LogP contribution >= 0.6 is 0 Å². The number of hydrogen-bond acceptors (Lipinski definition) is 4. The molecular weight excluding hydrogens is 240 g/mol. The van der Waals surface area contributed by atoms with Gasteiger partial charge in [0.05, 0.1) is 12.2 Å². The number of aryl methyl sites for hydroxylation is 1. The number of rotatable bonds is 7. The normalized spacial score (nSPS) is 11.6. The quantitative estimate of drug-likeness (QED) is 0.771. The highest BCUT2D eigenvalue weighted by Gasteiger charge is 2.10. The smallest absolute Gasteiger partial charge is 0.127 e. The van der Waals surface area contributed by atoms with Gasteiger partial charge in [0.1, 0.15) is 12.4 Å². The van der Waals surface area contributed by atoms with E-state index in [4.69, 9.17) is 9.47 Å². The van der Waals surface area contributed by atoms with Gasteiger partial charge in [-0.3, -0.25) is 4.98 Å². The summed E-state index contributed by atoms with van der Waals surface area (Å²) in [6.07, 6.45) is 1.87. The van der Waals surface area contributed by atoms with Gasteiger partial charge in [-0.05, 0) is 34.2 Å². The fraction of sp³-hybridized carbons (Fsp3) is 0.667. The second kappa shape index (κ2) is 7.46. The summed E-state index contributed by atoms with van der Waals surface area (Å²) in [4.78, 5) is 4.31. The molecule has 0 amide bonds. The Hall–Kier alpha value is -1.13. The predicted molar refractivity (Wildman–Crippen MR) is 77.6 cm³/mol. The molecule has 4 nitrogen and oxygen atoms in total. The molecule has 1 heterocycles. The first-order valence-corrected chi connectivity index (χ1v) is 6.85. The zero-order valence-electron chi connectivity index (χ0n) is 12.7. The minimum absolute atomic E-state index is 0.121. The van der Waals surface area contributed by atoms with E-state index < -0.39 is 0 Å². The summed E-state index contributed by atoms with van der Waals surface area (Å²) in [7, 11) is 0. The molecular formula is C15H26N2O2. The second-order valence-corrected chi connectivity index (χ2v) is 5.52. The van der Waals surface area contributed by atoms with Crippen LogP contribution < -0.4 is 10.1 Å².